The minimum absolute atomic E-state index is 0.158. The highest BCUT2D eigenvalue weighted by atomic mass is 32.2. The second-order valence-electron chi connectivity index (χ2n) is 3.60. The second kappa shape index (κ2) is 2.55. The number of carboxylic acid groups (broad SMARTS) is 1. The van der Waals surface area contributed by atoms with Crippen LogP contribution in [0.4, 0.5) is 0 Å². The van der Waals surface area contributed by atoms with Gasteiger partial charge in [0, 0.05) is 13.1 Å². The average Bonchev–Trinajstić information content (AvgIpc) is 2.35. The van der Waals surface area contributed by atoms with E-state index in [4.69, 9.17) is 0 Å². The van der Waals surface area contributed by atoms with E-state index >= 15 is 0 Å². The molecule has 2 saturated heterocycles. The molecule has 2 unspecified atom stereocenters. The molecule has 14 heavy (non-hydrogen) atoms. The molecule has 0 spiro atoms. The van der Waals surface area contributed by atoms with Crippen molar-refractivity contribution >= 4 is 17.7 Å². The molecule has 3 heterocycles. The fraction of sp³-hybridized carbons (Fsp3) is 0.444. The molecular formula is C9H10N2O2S. The summed E-state index contributed by atoms with van der Waals surface area (Å²) in [6.45, 7) is 1.47. The maximum atomic E-state index is 11.3. The van der Waals surface area contributed by atoms with Crippen molar-refractivity contribution in [3.05, 3.63) is 23.3 Å². The summed E-state index contributed by atoms with van der Waals surface area (Å²) in [7, 11) is 0. The second-order valence-corrected chi connectivity index (χ2v) is 4.83. The number of fused-ring (bicyclic) bond motifs is 3. The topological polar surface area (TPSA) is 52.6 Å². The maximum Gasteiger partial charge on any atom is 0.346 e. The molecule has 3 rings (SSSR count). The molecule has 0 saturated carbocycles. The third-order valence-electron chi connectivity index (χ3n) is 2.97. The van der Waals surface area contributed by atoms with Gasteiger partial charge in [-0.15, -0.1) is 0 Å². The minimum atomic E-state index is -0.832. The molecule has 74 valence electrons. The first-order valence-electron chi connectivity index (χ1n) is 4.55. The quantitative estimate of drug-likeness (QED) is 0.647. The van der Waals surface area contributed by atoms with Gasteiger partial charge in [-0.2, -0.15) is 0 Å². The lowest BCUT2D eigenvalue weighted by Gasteiger charge is -2.46. The van der Waals surface area contributed by atoms with Crippen molar-refractivity contribution in [3.63, 3.8) is 0 Å². The van der Waals surface area contributed by atoms with Gasteiger partial charge in [0.05, 0.1) is 10.3 Å². The van der Waals surface area contributed by atoms with Crippen LogP contribution in [0.1, 0.15) is 0 Å². The average molecular weight is 210 g/mol. The summed E-state index contributed by atoms with van der Waals surface area (Å²) >= 11 is 1.66. The van der Waals surface area contributed by atoms with Crippen LogP contribution in [-0.2, 0) is 4.79 Å². The molecular weight excluding hydrogens is 200 g/mol. The zero-order chi connectivity index (χ0) is 9.76. The lowest BCUT2D eigenvalue weighted by atomic mass is 9.95. The van der Waals surface area contributed by atoms with Gasteiger partial charge in [0.25, 0.3) is 0 Å². The number of thioether (sulfide) groups is 1. The summed E-state index contributed by atoms with van der Waals surface area (Å²) in [6, 6.07) is 0. The van der Waals surface area contributed by atoms with Crippen LogP contribution in [0.15, 0.2) is 23.3 Å². The van der Waals surface area contributed by atoms with Gasteiger partial charge in [0.1, 0.15) is 0 Å². The third kappa shape index (κ3) is 0.773. The normalized spacial score (nSPS) is 38.4. The van der Waals surface area contributed by atoms with Gasteiger partial charge in [0.15, 0.2) is 0 Å². The molecule has 5 heteroatoms. The van der Waals surface area contributed by atoms with Gasteiger partial charge in [-0.25, -0.2) is 4.79 Å². The van der Waals surface area contributed by atoms with Gasteiger partial charge in [0.2, 0.25) is 5.66 Å². The van der Waals surface area contributed by atoms with Crippen molar-refractivity contribution in [2.75, 3.05) is 13.1 Å². The van der Waals surface area contributed by atoms with E-state index in [1.807, 2.05) is 23.1 Å². The third-order valence-corrected chi connectivity index (χ3v) is 4.36. The Kier molecular flexibility index (Phi) is 1.52. The van der Waals surface area contributed by atoms with Crippen LogP contribution in [0.2, 0.25) is 0 Å². The highest BCUT2D eigenvalue weighted by Crippen LogP contribution is 2.49. The molecule has 4 nitrogen and oxygen atoms in total. The molecule has 0 amide bonds. The number of nitrogens with one attached hydrogen (secondary N) is 1. The van der Waals surface area contributed by atoms with Crippen LogP contribution in [0.5, 0.6) is 0 Å². The van der Waals surface area contributed by atoms with E-state index in [1.54, 1.807) is 11.8 Å². The van der Waals surface area contributed by atoms with E-state index in [-0.39, 0.29) is 5.25 Å². The molecule has 0 bridgehead atoms. The summed E-state index contributed by atoms with van der Waals surface area (Å²) in [5.41, 5.74) is -0.832. The molecule has 2 atom stereocenters. The Morgan fingerprint density at radius 3 is 3.29 bits per heavy atom. The molecule has 2 N–H and O–H groups in total. The van der Waals surface area contributed by atoms with Gasteiger partial charge in [-0.1, -0.05) is 23.9 Å². The van der Waals surface area contributed by atoms with E-state index in [9.17, 15) is 9.90 Å². The van der Waals surface area contributed by atoms with Crippen LogP contribution in [0, 0.1) is 0 Å². The first-order valence-corrected chi connectivity index (χ1v) is 5.42. The number of hydrogen-bond acceptors (Lipinski definition) is 4. The summed E-state index contributed by atoms with van der Waals surface area (Å²) in [5, 5.41) is 13.5. The van der Waals surface area contributed by atoms with Crippen molar-refractivity contribution in [2.24, 2.45) is 0 Å². The number of hydrogen-bond donors (Lipinski definition) is 2. The Morgan fingerprint density at radius 1 is 1.79 bits per heavy atom. The zero-order valence-electron chi connectivity index (χ0n) is 7.43. The van der Waals surface area contributed by atoms with Gasteiger partial charge in [-0.3, -0.25) is 5.32 Å². The maximum absolute atomic E-state index is 11.3. The number of carbonyl (C=O) groups is 1. The first kappa shape index (κ1) is 8.38. The van der Waals surface area contributed by atoms with Crippen LogP contribution in [0.3, 0.4) is 0 Å². The Balaban J connectivity index is 2.03. The minimum Gasteiger partial charge on any atom is -0.478 e. The zero-order valence-corrected chi connectivity index (χ0v) is 8.25. The summed E-state index contributed by atoms with van der Waals surface area (Å²) < 4.78 is 0. The van der Waals surface area contributed by atoms with E-state index in [2.05, 4.69) is 5.32 Å². The van der Waals surface area contributed by atoms with Gasteiger partial charge in [-0.05, 0) is 6.08 Å². The van der Waals surface area contributed by atoms with Crippen LogP contribution >= 0.6 is 11.8 Å². The lowest BCUT2D eigenvalue weighted by molar-refractivity contribution is -0.155. The van der Waals surface area contributed by atoms with E-state index in [0.717, 1.165) is 11.6 Å². The smallest absolute Gasteiger partial charge is 0.346 e. The van der Waals surface area contributed by atoms with Crippen molar-refractivity contribution in [2.45, 2.75) is 10.9 Å². The Morgan fingerprint density at radius 2 is 2.64 bits per heavy atom. The predicted octanol–water partition coefficient (Wildman–Crippen LogP) is 0.199. The summed E-state index contributed by atoms with van der Waals surface area (Å²) in [6.07, 6.45) is 5.95. The molecule has 0 aromatic heterocycles. The summed E-state index contributed by atoms with van der Waals surface area (Å²) in [5.74, 6) is -0.764. The molecule has 2 fully saturated rings. The fourth-order valence-corrected chi connectivity index (χ4v) is 3.61. The van der Waals surface area contributed by atoms with Crippen LogP contribution in [0.25, 0.3) is 0 Å². The largest absolute Gasteiger partial charge is 0.478 e. The van der Waals surface area contributed by atoms with E-state index in [0.29, 0.717) is 6.54 Å². The van der Waals surface area contributed by atoms with Gasteiger partial charge >= 0.3 is 5.97 Å². The SMILES string of the molecule is O=C(O)C12NCC1SC1=CC=CCN12. The van der Waals surface area contributed by atoms with E-state index < -0.39 is 11.6 Å². The number of aliphatic carboxylic acids is 1. The number of carboxylic acids is 1. The van der Waals surface area contributed by atoms with E-state index in [1.165, 1.54) is 0 Å². The lowest BCUT2D eigenvalue weighted by Crippen LogP contribution is -2.76. The molecule has 3 aliphatic rings. The van der Waals surface area contributed by atoms with Gasteiger partial charge < -0.3 is 10.0 Å². The molecule has 0 aliphatic carbocycles. The number of allylic oxidation sites excluding steroid dienone is 2. The molecule has 0 aromatic carbocycles. The number of nitrogens with zero attached hydrogens (tertiary/aromatic N) is 1. The predicted molar refractivity (Wildman–Crippen MR) is 53.7 cm³/mol. The van der Waals surface area contributed by atoms with Crippen LogP contribution in [-0.4, -0.2) is 40.0 Å². The van der Waals surface area contributed by atoms with Crippen molar-refractivity contribution in [1.82, 2.24) is 10.2 Å². The standard InChI is InChI=1S/C9H10N2O2S/c12-8(13)9-6(5-10-9)14-7-3-1-2-4-11(7)9/h1-3,6,10H,4-5H2,(H,12,13). The Labute approximate surface area is 85.7 Å². The Hall–Kier alpha value is -0.940. The Bertz CT molecular complexity index is 366. The van der Waals surface area contributed by atoms with Crippen molar-refractivity contribution in [3.8, 4) is 0 Å². The van der Waals surface area contributed by atoms with Crippen molar-refractivity contribution < 1.29 is 9.90 Å². The number of rotatable bonds is 1. The highest BCUT2D eigenvalue weighted by molar-refractivity contribution is 8.04. The van der Waals surface area contributed by atoms with Crippen molar-refractivity contribution in [1.29, 1.82) is 0 Å². The fourth-order valence-electron chi connectivity index (χ4n) is 2.17. The first-order chi connectivity index (χ1) is 6.75. The van der Waals surface area contributed by atoms with Crippen LogP contribution < -0.4 is 5.32 Å². The molecule has 0 aromatic rings. The monoisotopic (exact) mass is 210 g/mol. The highest BCUT2D eigenvalue weighted by Gasteiger charge is 2.63. The molecule has 3 aliphatic heterocycles. The molecule has 0 radical (unpaired) electrons. The summed E-state index contributed by atoms with van der Waals surface area (Å²) in [4.78, 5) is 13.2.